The Morgan fingerprint density at radius 2 is 1.67 bits per heavy atom. The Bertz CT molecular complexity index is 517. The van der Waals surface area contributed by atoms with Crippen LogP contribution in [0.5, 0.6) is 0 Å². The van der Waals surface area contributed by atoms with E-state index < -0.39 is 0 Å². The van der Waals surface area contributed by atoms with Crippen LogP contribution in [0.4, 0.5) is 5.69 Å². The molecule has 94 valence electrons. The highest BCUT2D eigenvalue weighted by molar-refractivity contribution is 6.33. The zero-order valence-corrected chi connectivity index (χ0v) is 11.4. The number of aryl methyl sites for hydroxylation is 1. The van der Waals surface area contributed by atoms with E-state index in [1.165, 1.54) is 24.0 Å². The highest BCUT2D eigenvalue weighted by atomic mass is 35.5. The normalized spacial score (nSPS) is 10.6. The van der Waals surface area contributed by atoms with Crippen molar-refractivity contribution in [2.45, 2.75) is 26.2 Å². The number of hydrogen-bond donors (Lipinski definition) is 1. The van der Waals surface area contributed by atoms with Gasteiger partial charge in [0.2, 0.25) is 0 Å². The second-order valence-electron chi connectivity index (χ2n) is 4.54. The van der Waals surface area contributed by atoms with E-state index >= 15 is 0 Å². The molecular weight excluding hydrogens is 242 g/mol. The van der Waals surface area contributed by atoms with Gasteiger partial charge < -0.3 is 5.73 Å². The fraction of sp³-hybridized carbons (Fsp3) is 0.250. The van der Waals surface area contributed by atoms with E-state index in [9.17, 15) is 0 Å². The molecule has 0 atom stereocenters. The minimum atomic E-state index is 0.610. The molecule has 0 unspecified atom stereocenters. The maximum atomic E-state index is 5.93. The summed E-state index contributed by atoms with van der Waals surface area (Å²) in [7, 11) is 0. The first-order valence-electron chi connectivity index (χ1n) is 6.35. The lowest BCUT2D eigenvalue weighted by Gasteiger charge is -2.06. The van der Waals surface area contributed by atoms with E-state index in [1.807, 2.05) is 18.2 Å². The van der Waals surface area contributed by atoms with Crippen LogP contribution in [0.25, 0.3) is 11.1 Å². The zero-order valence-electron chi connectivity index (χ0n) is 10.6. The smallest absolute Gasteiger partial charge is 0.0635 e. The minimum absolute atomic E-state index is 0.610. The quantitative estimate of drug-likeness (QED) is 0.774. The highest BCUT2D eigenvalue weighted by Crippen LogP contribution is 2.27. The first kappa shape index (κ1) is 13.0. The summed E-state index contributed by atoms with van der Waals surface area (Å²) in [4.78, 5) is 0. The molecule has 2 aromatic carbocycles. The van der Waals surface area contributed by atoms with E-state index in [4.69, 9.17) is 17.3 Å². The lowest BCUT2D eigenvalue weighted by atomic mass is 10.0. The zero-order chi connectivity index (χ0) is 13.0. The van der Waals surface area contributed by atoms with Crippen LogP contribution in [0.3, 0.4) is 0 Å². The molecule has 18 heavy (non-hydrogen) atoms. The van der Waals surface area contributed by atoms with Crippen molar-refractivity contribution < 1.29 is 0 Å². The highest BCUT2D eigenvalue weighted by Gasteiger charge is 2.01. The number of anilines is 1. The van der Waals surface area contributed by atoms with Crippen molar-refractivity contribution in [3.05, 3.63) is 53.1 Å². The first-order chi connectivity index (χ1) is 8.70. The average Bonchev–Trinajstić information content (AvgIpc) is 2.40. The van der Waals surface area contributed by atoms with Crippen LogP contribution in [0.2, 0.25) is 5.02 Å². The summed E-state index contributed by atoms with van der Waals surface area (Å²) >= 11 is 5.93. The third-order valence-corrected chi connectivity index (χ3v) is 3.45. The van der Waals surface area contributed by atoms with Crippen LogP contribution in [0.15, 0.2) is 42.5 Å². The van der Waals surface area contributed by atoms with Gasteiger partial charge >= 0.3 is 0 Å². The van der Waals surface area contributed by atoms with Crippen LogP contribution in [-0.4, -0.2) is 0 Å². The van der Waals surface area contributed by atoms with Gasteiger partial charge in [-0.2, -0.15) is 0 Å². The van der Waals surface area contributed by atoms with Crippen LogP contribution in [-0.2, 0) is 6.42 Å². The van der Waals surface area contributed by atoms with E-state index in [1.54, 1.807) is 0 Å². The van der Waals surface area contributed by atoms with Gasteiger partial charge in [-0.15, -0.1) is 0 Å². The summed E-state index contributed by atoms with van der Waals surface area (Å²) in [6, 6.07) is 14.4. The maximum absolute atomic E-state index is 5.93. The molecule has 0 saturated heterocycles. The molecule has 2 rings (SSSR count). The molecule has 1 nitrogen and oxygen atoms in total. The molecule has 0 radical (unpaired) electrons. The average molecular weight is 260 g/mol. The predicted molar refractivity (Wildman–Crippen MR) is 79.9 cm³/mol. The minimum Gasteiger partial charge on any atom is -0.398 e. The monoisotopic (exact) mass is 259 g/mol. The molecule has 2 heteroatoms. The lowest BCUT2D eigenvalue weighted by molar-refractivity contribution is 0.795. The van der Waals surface area contributed by atoms with Crippen molar-refractivity contribution in [1.29, 1.82) is 0 Å². The van der Waals surface area contributed by atoms with Gasteiger partial charge in [0.05, 0.1) is 10.7 Å². The third kappa shape index (κ3) is 3.05. The second kappa shape index (κ2) is 5.92. The molecule has 2 N–H and O–H groups in total. The van der Waals surface area contributed by atoms with E-state index in [0.29, 0.717) is 10.7 Å². The van der Waals surface area contributed by atoms with Crippen LogP contribution in [0.1, 0.15) is 25.3 Å². The number of nitrogen functional groups attached to an aromatic ring is 1. The van der Waals surface area contributed by atoms with Crippen molar-refractivity contribution in [2.24, 2.45) is 0 Å². The molecular formula is C16H18ClN. The van der Waals surface area contributed by atoms with Crippen molar-refractivity contribution in [3.8, 4) is 11.1 Å². The number of hydrogen-bond acceptors (Lipinski definition) is 1. The van der Waals surface area contributed by atoms with E-state index in [0.717, 1.165) is 12.0 Å². The molecule has 0 bridgehead atoms. The third-order valence-electron chi connectivity index (χ3n) is 3.10. The van der Waals surface area contributed by atoms with Gasteiger partial charge in [-0.05, 0) is 41.7 Å². The van der Waals surface area contributed by atoms with E-state index in [-0.39, 0.29) is 0 Å². The molecule has 0 aliphatic rings. The number of halogens is 1. The van der Waals surface area contributed by atoms with Gasteiger partial charge in [-0.25, -0.2) is 0 Å². The summed E-state index contributed by atoms with van der Waals surface area (Å²) < 4.78 is 0. The van der Waals surface area contributed by atoms with Gasteiger partial charge in [0.1, 0.15) is 0 Å². The molecule has 0 aliphatic heterocycles. The van der Waals surface area contributed by atoms with Crippen molar-refractivity contribution in [3.63, 3.8) is 0 Å². The first-order valence-corrected chi connectivity index (χ1v) is 6.73. The van der Waals surface area contributed by atoms with Crippen LogP contribution < -0.4 is 5.73 Å². The van der Waals surface area contributed by atoms with Crippen molar-refractivity contribution in [1.82, 2.24) is 0 Å². The Morgan fingerprint density at radius 1 is 1.00 bits per heavy atom. The fourth-order valence-electron chi connectivity index (χ4n) is 1.97. The standard InChI is InChI=1S/C16H18ClN/c1-2-3-4-12-5-7-13(8-6-12)14-9-10-15(17)16(18)11-14/h5-11H,2-4,18H2,1H3. The Hall–Kier alpha value is -1.47. The van der Waals surface area contributed by atoms with Gasteiger partial charge in [-0.1, -0.05) is 55.3 Å². The lowest BCUT2D eigenvalue weighted by Crippen LogP contribution is -1.88. The molecule has 2 aromatic rings. The summed E-state index contributed by atoms with van der Waals surface area (Å²) in [5.41, 5.74) is 10.1. The van der Waals surface area contributed by atoms with Gasteiger partial charge in [0.25, 0.3) is 0 Å². The van der Waals surface area contributed by atoms with Gasteiger partial charge in [0.15, 0.2) is 0 Å². The fourth-order valence-corrected chi connectivity index (χ4v) is 2.09. The maximum Gasteiger partial charge on any atom is 0.0635 e. The van der Waals surface area contributed by atoms with Gasteiger partial charge in [-0.3, -0.25) is 0 Å². The summed E-state index contributed by atoms with van der Waals surface area (Å²) in [6.07, 6.45) is 3.63. The Balaban J connectivity index is 2.20. The molecule has 0 fully saturated rings. The Morgan fingerprint density at radius 3 is 2.28 bits per heavy atom. The summed E-state index contributed by atoms with van der Waals surface area (Å²) in [5, 5.41) is 0.610. The van der Waals surface area contributed by atoms with Crippen LogP contribution >= 0.6 is 11.6 Å². The second-order valence-corrected chi connectivity index (χ2v) is 4.94. The molecule has 0 spiro atoms. The molecule has 0 aliphatic carbocycles. The van der Waals surface area contributed by atoms with Crippen LogP contribution in [0, 0.1) is 0 Å². The Kier molecular flexibility index (Phi) is 4.27. The summed E-state index contributed by atoms with van der Waals surface area (Å²) in [5.74, 6) is 0. The van der Waals surface area contributed by atoms with Crippen molar-refractivity contribution in [2.75, 3.05) is 5.73 Å². The molecule has 0 aromatic heterocycles. The topological polar surface area (TPSA) is 26.0 Å². The van der Waals surface area contributed by atoms with Gasteiger partial charge in [0, 0.05) is 0 Å². The predicted octanol–water partition coefficient (Wildman–Crippen LogP) is 4.93. The molecule has 0 heterocycles. The molecule has 0 saturated carbocycles. The number of rotatable bonds is 4. The number of unbranched alkanes of at least 4 members (excludes halogenated alkanes) is 1. The number of nitrogens with two attached hydrogens (primary N) is 1. The Labute approximate surface area is 114 Å². The SMILES string of the molecule is CCCCc1ccc(-c2ccc(Cl)c(N)c2)cc1. The largest absolute Gasteiger partial charge is 0.398 e. The molecule has 0 amide bonds. The van der Waals surface area contributed by atoms with E-state index in [2.05, 4.69) is 31.2 Å². The number of benzene rings is 2. The van der Waals surface area contributed by atoms with Crippen molar-refractivity contribution >= 4 is 17.3 Å². The summed E-state index contributed by atoms with van der Waals surface area (Å²) in [6.45, 7) is 2.21.